The van der Waals surface area contributed by atoms with Crippen molar-refractivity contribution in [3.63, 3.8) is 0 Å². The molecule has 0 aromatic rings. The predicted molar refractivity (Wildman–Crippen MR) is 95.1 cm³/mol. The molecule has 0 amide bonds. The number of carbonyl (C=O) groups is 2. The maximum Gasteiger partial charge on any atom is 0.305 e. The first-order chi connectivity index (χ1) is 11.3. The molecule has 0 atom stereocenters. The van der Waals surface area contributed by atoms with E-state index in [1.165, 1.54) is 51.4 Å². The Morgan fingerprint density at radius 2 is 1.39 bits per heavy atom. The summed E-state index contributed by atoms with van der Waals surface area (Å²) in [5.41, 5.74) is 0. The smallest absolute Gasteiger partial charge is 0.305 e. The molecular formula is C20H34O3. The van der Waals surface area contributed by atoms with Gasteiger partial charge < -0.3 is 9.53 Å². The normalized spacial score (nSPS) is 10.2. The van der Waals surface area contributed by atoms with Gasteiger partial charge in [-0.1, -0.05) is 51.4 Å². The number of rotatable bonds is 17. The number of unbranched alkanes of at least 4 members (excludes halogenated alkanes) is 12. The van der Waals surface area contributed by atoms with E-state index < -0.39 is 0 Å². The van der Waals surface area contributed by atoms with Crippen molar-refractivity contribution in [2.24, 2.45) is 0 Å². The van der Waals surface area contributed by atoms with Crippen molar-refractivity contribution in [2.75, 3.05) is 6.61 Å². The molecule has 0 saturated carbocycles. The first-order valence-corrected chi connectivity index (χ1v) is 9.34. The zero-order chi connectivity index (χ0) is 17.0. The molecule has 0 saturated heterocycles. The summed E-state index contributed by atoms with van der Waals surface area (Å²) in [5, 5.41) is 0. The number of aldehydes is 1. The Morgan fingerprint density at radius 3 is 1.96 bits per heavy atom. The molecule has 3 heteroatoms. The molecule has 132 valence electrons. The summed E-state index contributed by atoms with van der Waals surface area (Å²) in [5.74, 6) is 2.56. The first-order valence-electron chi connectivity index (χ1n) is 9.34. The highest BCUT2D eigenvalue weighted by atomic mass is 16.5. The van der Waals surface area contributed by atoms with Crippen LogP contribution >= 0.6 is 0 Å². The number of hydrogen-bond acceptors (Lipinski definition) is 3. The van der Waals surface area contributed by atoms with E-state index >= 15 is 0 Å². The fourth-order valence-corrected chi connectivity index (χ4v) is 2.50. The second-order valence-electron chi connectivity index (χ2n) is 6.12. The van der Waals surface area contributed by atoms with Crippen molar-refractivity contribution in [2.45, 2.75) is 96.3 Å². The Bertz CT molecular complexity index is 317. The van der Waals surface area contributed by atoms with E-state index in [2.05, 4.69) is 5.92 Å². The van der Waals surface area contributed by atoms with Gasteiger partial charge in [0, 0.05) is 19.3 Å². The maximum absolute atomic E-state index is 11.4. The average molecular weight is 322 g/mol. The first kappa shape index (κ1) is 21.7. The monoisotopic (exact) mass is 322 g/mol. The van der Waals surface area contributed by atoms with Crippen LogP contribution < -0.4 is 0 Å². The molecule has 0 aliphatic rings. The highest BCUT2D eigenvalue weighted by Gasteiger charge is 2.02. The van der Waals surface area contributed by atoms with Crippen molar-refractivity contribution in [3.05, 3.63) is 0 Å². The summed E-state index contributed by atoms with van der Waals surface area (Å²) >= 11 is 0. The van der Waals surface area contributed by atoms with Crippen LogP contribution in [0.15, 0.2) is 0 Å². The van der Waals surface area contributed by atoms with Crippen molar-refractivity contribution in [1.82, 2.24) is 0 Å². The van der Waals surface area contributed by atoms with E-state index in [1.807, 2.05) is 0 Å². The second kappa shape index (κ2) is 18.7. The molecule has 0 aliphatic heterocycles. The standard InChI is InChI=1S/C20H34O3/c1-2-3-4-5-6-7-8-9-10-11-12-16-19-23-20(22)17-14-13-15-18-21/h1,18H,3-17,19H2. The molecule has 0 aliphatic carbocycles. The minimum atomic E-state index is -0.124. The lowest BCUT2D eigenvalue weighted by Crippen LogP contribution is -2.05. The molecule has 0 aromatic heterocycles. The molecule has 0 rings (SSSR count). The third-order valence-corrected chi connectivity index (χ3v) is 3.93. The SMILES string of the molecule is C#CCCCCCCCCCCCCOC(=O)CCCCC=O. The molecule has 0 heterocycles. The Hall–Kier alpha value is -1.30. The van der Waals surface area contributed by atoms with Gasteiger partial charge in [-0.2, -0.15) is 0 Å². The fourth-order valence-electron chi connectivity index (χ4n) is 2.50. The van der Waals surface area contributed by atoms with Crippen LogP contribution in [0.4, 0.5) is 0 Å². The minimum Gasteiger partial charge on any atom is -0.466 e. The zero-order valence-electron chi connectivity index (χ0n) is 14.7. The summed E-state index contributed by atoms with van der Waals surface area (Å²) < 4.78 is 5.17. The van der Waals surface area contributed by atoms with Crippen molar-refractivity contribution in [3.8, 4) is 12.3 Å². The van der Waals surface area contributed by atoms with Gasteiger partial charge in [-0.05, 0) is 25.7 Å². The van der Waals surface area contributed by atoms with E-state index in [0.29, 0.717) is 19.4 Å². The molecule has 0 fully saturated rings. The van der Waals surface area contributed by atoms with Gasteiger partial charge in [-0.3, -0.25) is 4.79 Å². The number of carbonyl (C=O) groups excluding carboxylic acids is 2. The van der Waals surface area contributed by atoms with Crippen molar-refractivity contribution in [1.29, 1.82) is 0 Å². The van der Waals surface area contributed by atoms with E-state index in [0.717, 1.165) is 38.4 Å². The lowest BCUT2D eigenvalue weighted by atomic mass is 10.1. The van der Waals surface area contributed by atoms with Crippen LogP contribution in [0.3, 0.4) is 0 Å². The van der Waals surface area contributed by atoms with Gasteiger partial charge >= 0.3 is 5.97 Å². The maximum atomic E-state index is 11.4. The van der Waals surface area contributed by atoms with E-state index in [9.17, 15) is 9.59 Å². The lowest BCUT2D eigenvalue weighted by Gasteiger charge is -2.05. The van der Waals surface area contributed by atoms with Gasteiger partial charge in [-0.15, -0.1) is 12.3 Å². The van der Waals surface area contributed by atoms with Gasteiger partial charge in [0.15, 0.2) is 0 Å². The van der Waals surface area contributed by atoms with Gasteiger partial charge in [0.1, 0.15) is 6.29 Å². The predicted octanol–water partition coefficient (Wildman–Crippen LogP) is 5.21. The van der Waals surface area contributed by atoms with Crippen LogP contribution in [0.5, 0.6) is 0 Å². The lowest BCUT2D eigenvalue weighted by molar-refractivity contribution is -0.144. The molecule has 0 N–H and O–H groups in total. The molecule has 0 spiro atoms. The third kappa shape index (κ3) is 18.7. The van der Waals surface area contributed by atoms with Crippen LogP contribution in [-0.2, 0) is 14.3 Å². The van der Waals surface area contributed by atoms with Gasteiger partial charge in [0.05, 0.1) is 6.61 Å². The Balaban J connectivity index is 3.11. The average Bonchev–Trinajstić information content (AvgIpc) is 2.56. The Kier molecular flexibility index (Phi) is 17.7. The topological polar surface area (TPSA) is 43.4 Å². The minimum absolute atomic E-state index is 0.124. The van der Waals surface area contributed by atoms with Crippen LogP contribution in [0.2, 0.25) is 0 Å². The summed E-state index contributed by atoms with van der Waals surface area (Å²) in [7, 11) is 0. The van der Waals surface area contributed by atoms with E-state index in [1.54, 1.807) is 0 Å². The van der Waals surface area contributed by atoms with Crippen LogP contribution in [0.1, 0.15) is 96.3 Å². The molecular weight excluding hydrogens is 288 g/mol. The third-order valence-electron chi connectivity index (χ3n) is 3.93. The second-order valence-corrected chi connectivity index (χ2v) is 6.12. The van der Waals surface area contributed by atoms with Gasteiger partial charge in [-0.25, -0.2) is 0 Å². The molecule has 0 radical (unpaired) electrons. The summed E-state index contributed by atoms with van der Waals surface area (Å²) in [6.07, 6.45) is 21.9. The summed E-state index contributed by atoms with van der Waals surface area (Å²) in [6, 6.07) is 0. The van der Waals surface area contributed by atoms with Gasteiger partial charge in [0.25, 0.3) is 0 Å². The van der Waals surface area contributed by atoms with E-state index in [-0.39, 0.29) is 5.97 Å². The number of esters is 1. The van der Waals surface area contributed by atoms with Crippen LogP contribution in [-0.4, -0.2) is 18.9 Å². The zero-order valence-corrected chi connectivity index (χ0v) is 14.7. The molecule has 3 nitrogen and oxygen atoms in total. The highest BCUT2D eigenvalue weighted by Crippen LogP contribution is 2.11. The highest BCUT2D eigenvalue weighted by molar-refractivity contribution is 5.69. The summed E-state index contributed by atoms with van der Waals surface area (Å²) in [4.78, 5) is 21.5. The Morgan fingerprint density at radius 1 is 0.826 bits per heavy atom. The van der Waals surface area contributed by atoms with Crippen molar-refractivity contribution >= 4 is 12.3 Å². The molecule has 0 unspecified atom stereocenters. The number of ether oxygens (including phenoxy) is 1. The number of terminal acetylenes is 1. The molecule has 0 aromatic carbocycles. The molecule has 23 heavy (non-hydrogen) atoms. The quantitative estimate of drug-likeness (QED) is 0.160. The molecule has 0 bridgehead atoms. The van der Waals surface area contributed by atoms with Crippen LogP contribution in [0, 0.1) is 12.3 Å². The van der Waals surface area contributed by atoms with Gasteiger partial charge in [0.2, 0.25) is 0 Å². The Labute approximate surface area is 142 Å². The summed E-state index contributed by atoms with van der Waals surface area (Å²) in [6.45, 7) is 0.543. The van der Waals surface area contributed by atoms with Crippen LogP contribution in [0.25, 0.3) is 0 Å². The fraction of sp³-hybridized carbons (Fsp3) is 0.800. The van der Waals surface area contributed by atoms with Crippen molar-refractivity contribution < 1.29 is 14.3 Å². The van der Waals surface area contributed by atoms with E-state index in [4.69, 9.17) is 11.2 Å². The number of hydrogen-bond donors (Lipinski definition) is 0. The largest absolute Gasteiger partial charge is 0.466 e.